The summed E-state index contributed by atoms with van der Waals surface area (Å²) in [5.41, 5.74) is 2.15. The Kier molecular flexibility index (Phi) is 5.42. The van der Waals surface area contributed by atoms with Gasteiger partial charge in [0.25, 0.3) is 0 Å². The number of methoxy groups -OCH3 is 1. The maximum absolute atomic E-state index is 6.68. The van der Waals surface area contributed by atoms with Crippen LogP contribution in [0, 0.1) is 12.8 Å². The van der Waals surface area contributed by atoms with Crippen LogP contribution in [0.25, 0.3) is 0 Å². The molecule has 2 aromatic rings. The van der Waals surface area contributed by atoms with Crippen molar-refractivity contribution in [1.29, 1.82) is 0 Å². The summed E-state index contributed by atoms with van der Waals surface area (Å²) in [6.07, 6.45) is 2.18. The highest BCUT2D eigenvalue weighted by molar-refractivity contribution is 7.09. The van der Waals surface area contributed by atoms with Crippen LogP contribution in [-0.4, -0.2) is 32.8 Å². The van der Waals surface area contributed by atoms with Crippen molar-refractivity contribution in [2.75, 3.05) is 18.6 Å². The minimum Gasteiger partial charge on any atom is -0.377 e. The Hall–Kier alpha value is -1.18. The van der Waals surface area contributed by atoms with Crippen LogP contribution in [0.4, 0.5) is 5.13 Å². The van der Waals surface area contributed by atoms with Crippen LogP contribution in [0.1, 0.15) is 49.8 Å². The number of anilines is 1. The molecule has 1 aliphatic rings. The quantitative estimate of drug-likeness (QED) is 0.774. The number of ether oxygens (including phenoxy) is 1. The summed E-state index contributed by atoms with van der Waals surface area (Å²) >= 11 is 8.11. The summed E-state index contributed by atoms with van der Waals surface area (Å²) in [6.45, 7) is 8.65. The highest BCUT2D eigenvalue weighted by Crippen LogP contribution is 2.41. The normalized spacial score (nSPS) is 18.1. The van der Waals surface area contributed by atoms with Crippen LogP contribution in [0.2, 0.25) is 5.15 Å². The lowest BCUT2D eigenvalue weighted by atomic mass is 10.1. The number of halogens is 1. The fourth-order valence-electron chi connectivity index (χ4n) is 3.26. The maximum Gasteiger partial charge on any atom is 0.205 e. The molecule has 1 unspecified atom stereocenters. The molecule has 8 heteroatoms. The van der Waals surface area contributed by atoms with Crippen LogP contribution in [0.3, 0.4) is 0 Å². The molecule has 24 heavy (non-hydrogen) atoms. The van der Waals surface area contributed by atoms with Crippen molar-refractivity contribution >= 4 is 28.3 Å². The molecule has 1 atom stereocenters. The molecule has 3 heterocycles. The Labute approximate surface area is 152 Å². The van der Waals surface area contributed by atoms with Gasteiger partial charge < -0.3 is 9.64 Å². The molecule has 0 spiro atoms. The minimum atomic E-state index is 0.224. The van der Waals surface area contributed by atoms with Gasteiger partial charge in [-0.2, -0.15) is 9.47 Å². The lowest BCUT2D eigenvalue weighted by Crippen LogP contribution is -2.23. The van der Waals surface area contributed by atoms with Gasteiger partial charge in [0.15, 0.2) is 5.82 Å². The molecule has 1 saturated heterocycles. The third kappa shape index (κ3) is 3.43. The first-order chi connectivity index (χ1) is 11.5. The van der Waals surface area contributed by atoms with Crippen LogP contribution in [0.5, 0.6) is 0 Å². The molecule has 0 aromatic carbocycles. The van der Waals surface area contributed by atoms with E-state index >= 15 is 0 Å². The summed E-state index contributed by atoms with van der Waals surface area (Å²) in [7, 11) is 1.66. The monoisotopic (exact) mass is 369 g/mol. The van der Waals surface area contributed by atoms with Crippen molar-refractivity contribution in [1.82, 2.24) is 19.1 Å². The first kappa shape index (κ1) is 17.6. The van der Waals surface area contributed by atoms with Crippen LogP contribution in [-0.2, 0) is 17.9 Å². The average Bonchev–Trinajstić information content (AvgIpc) is 3.20. The van der Waals surface area contributed by atoms with Crippen molar-refractivity contribution in [3.05, 3.63) is 22.2 Å². The van der Waals surface area contributed by atoms with E-state index in [-0.39, 0.29) is 6.04 Å². The fraction of sp³-hybridized carbons (Fsp3) is 0.688. The molecule has 132 valence electrons. The van der Waals surface area contributed by atoms with Gasteiger partial charge in [0.05, 0.1) is 11.7 Å². The molecule has 0 radical (unpaired) electrons. The first-order valence-corrected chi connectivity index (χ1v) is 9.47. The van der Waals surface area contributed by atoms with Gasteiger partial charge in [-0.1, -0.05) is 25.4 Å². The number of hydrogen-bond acceptors (Lipinski definition) is 6. The van der Waals surface area contributed by atoms with E-state index in [0.717, 1.165) is 53.3 Å². The molecule has 0 saturated carbocycles. The van der Waals surface area contributed by atoms with Gasteiger partial charge >= 0.3 is 0 Å². The van der Waals surface area contributed by atoms with Gasteiger partial charge in [-0.3, -0.25) is 4.68 Å². The van der Waals surface area contributed by atoms with Crippen molar-refractivity contribution in [3.63, 3.8) is 0 Å². The molecule has 2 aromatic heterocycles. The number of aryl methyl sites for hydroxylation is 1. The second kappa shape index (κ2) is 7.37. The highest BCUT2D eigenvalue weighted by atomic mass is 35.5. The number of nitrogens with zero attached hydrogens (tertiary/aromatic N) is 5. The zero-order valence-corrected chi connectivity index (χ0v) is 16.2. The predicted molar refractivity (Wildman–Crippen MR) is 96.8 cm³/mol. The van der Waals surface area contributed by atoms with Gasteiger partial charge in [-0.25, -0.2) is 4.98 Å². The van der Waals surface area contributed by atoms with E-state index in [1.807, 2.05) is 11.6 Å². The third-order valence-corrected chi connectivity index (χ3v) is 5.40. The van der Waals surface area contributed by atoms with E-state index < -0.39 is 0 Å². The Morgan fingerprint density at radius 2 is 2.21 bits per heavy atom. The zero-order chi connectivity index (χ0) is 17.3. The van der Waals surface area contributed by atoms with Crippen molar-refractivity contribution in [3.8, 4) is 0 Å². The third-order valence-electron chi connectivity index (χ3n) is 4.21. The van der Waals surface area contributed by atoms with Crippen molar-refractivity contribution in [2.24, 2.45) is 5.92 Å². The Balaban J connectivity index is 1.89. The molecule has 0 bridgehead atoms. The van der Waals surface area contributed by atoms with Crippen molar-refractivity contribution in [2.45, 2.75) is 52.8 Å². The number of rotatable bonds is 6. The molecule has 0 N–H and O–H groups in total. The molecule has 1 fully saturated rings. The second-order valence-electron chi connectivity index (χ2n) is 6.64. The van der Waals surface area contributed by atoms with E-state index in [9.17, 15) is 0 Å². The van der Waals surface area contributed by atoms with E-state index in [1.54, 1.807) is 7.11 Å². The van der Waals surface area contributed by atoms with E-state index in [4.69, 9.17) is 16.3 Å². The number of aromatic nitrogens is 4. The van der Waals surface area contributed by atoms with Gasteiger partial charge in [-0.05, 0) is 25.7 Å². The second-order valence-corrected chi connectivity index (χ2v) is 7.73. The van der Waals surface area contributed by atoms with Gasteiger partial charge in [-0.15, -0.1) is 0 Å². The first-order valence-electron chi connectivity index (χ1n) is 8.32. The summed E-state index contributed by atoms with van der Waals surface area (Å²) in [5, 5.41) is 6.37. The van der Waals surface area contributed by atoms with E-state index in [1.165, 1.54) is 11.5 Å². The Morgan fingerprint density at radius 1 is 1.42 bits per heavy atom. The smallest absolute Gasteiger partial charge is 0.205 e. The van der Waals surface area contributed by atoms with Gasteiger partial charge in [0, 0.05) is 37.3 Å². The molecule has 0 aliphatic carbocycles. The lowest BCUT2D eigenvalue weighted by Gasteiger charge is -2.23. The fourth-order valence-corrected chi connectivity index (χ4v) is 4.38. The molecule has 0 amide bonds. The summed E-state index contributed by atoms with van der Waals surface area (Å²) < 4.78 is 11.4. The molecular weight excluding hydrogens is 346 g/mol. The highest BCUT2D eigenvalue weighted by Gasteiger charge is 2.33. The zero-order valence-electron chi connectivity index (χ0n) is 14.6. The minimum absolute atomic E-state index is 0.224. The maximum atomic E-state index is 6.68. The SMILES string of the molecule is COCc1nsc(N2CCCC2c2c(C)nn(CC(C)C)c2Cl)n1. The summed E-state index contributed by atoms with van der Waals surface area (Å²) in [5.74, 6) is 1.25. The van der Waals surface area contributed by atoms with E-state index in [2.05, 4.69) is 33.2 Å². The van der Waals surface area contributed by atoms with Gasteiger partial charge in [0.1, 0.15) is 11.8 Å². The summed E-state index contributed by atoms with van der Waals surface area (Å²) in [4.78, 5) is 6.92. The van der Waals surface area contributed by atoms with E-state index in [0.29, 0.717) is 12.5 Å². The molecule has 1 aliphatic heterocycles. The largest absolute Gasteiger partial charge is 0.377 e. The summed E-state index contributed by atoms with van der Waals surface area (Å²) in [6, 6.07) is 0.224. The van der Waals surface area contributed by atoms with Crippen LogP contribution in [0.15, 0.2) is 0 Å². The average molecular weight is 370 g/mol. The Morgan fingerprint density at radius 3 is 2.92 bits per heavy atom. The standard InChI is InChI=1S/C16H24ClN5OS/c1-10(2)8-22-15(17)14(11(3)19-22)12-6-5-7-21(12)16-18-13(9-23-4)20-24-16/h10,12H,5-9H2,1-4H3. The van der Waals surface area contributed by atoms with Crippen LogP contribution < -0.4 is 4.90 Å². The molecule has 3 rings (SSSR count). The van der Waals surface area contributed by atoms with Crippen molar-refractivity contribution < 1.29 is 4.74 Å². The topological polar surface area (TPSA) is 56.1 Å². The van der Waals surface area contributed by atoms with Gasteiger partial charge in [0.2, 0.25) is 5.13 Å². The molecular formula is C16H24ClN5OS. The molecule has 6 nitrogen and oxygen atoms in total. The number of hydrogen-bond donors (Lipinski definition) is 0. The van der Waals surface area contributed by atoms with Crippen LogP contribution >= 0.6 is 23.1 Å². The Bertz CT molecular complexity index is 699. The lowest BCUT2D eigenvalue weighted by molar-refractivity contribution is 0.179. The predicted octanol–water partition coefficient (Wildman–Crippen LogP) is 3.84.